The van der Waals surface area contributed by atoms with E-state index in [9.17, 15) is 9.90 Å². The molecule has 0 unspecified atom stereocenters. The standard InChI is InChI=1S/C12H12N2O4/c1-14-8(6-7(13-14)12(16)17)11-9(15)4-3-5-10(11)18-2/h3-6,15H,1-2H3,(H,16,17). The van der Waals surface area contributed by atoms with E-state index in [2.05, 4.69) is 5.10 Å². The van der Waals surface area contributed by atoms with Crippen molar-refractivity contribution in [1.82, 2.24) is 9.78 Å². The predicted molar refractivity (Wildman–Crippen MR) is 63.8 cm³/mol. The minimum absolute atomic E-state index is 0.00860. The highest BCUT2D eigenvalue weighted by molar-refractivity contribution is 5.88. The zero-order valence-electron chi connectivity index (χ0n) is 9.91. The third kappa shape index (κ3) is 1.88. The molecule has 2 rings (SSSR count). The van der Waals surface area contributed by atoms with Crippen molar-refractivity contribution in [3.8, 4) is 22.8 Å². The number of aryl methyl sites for hydroxylation is 1. The highest BCUT2D eigenvalue weighted by Crippen LogP contribution is 2.37. The number of methoxy groups -OCH3 is 1. The van der Waals surface area contributed by atoms with Gasteiger partial charge in [0.2, 0.25) is 0 Å². The second-order valence-electron chi connectivity index (χ2n) is 3.70. The maximum Gasteiger partial charge on any atom is 0.356 e. The molecule has 1 aromatic heterocycles. The Morgan fingerprint density at radius 1 is 1.44 bits per heavy atom. The molecule has 94 valence electrons. The van der Waals surface area contributed by atoms with Gasteiger partial charge in [-0.15, -0.1) is 0 Å². The van der Waals surface area contributed by atoms with Gasteiger partial charge in [0.15, 0.2) is 5.69 Å². The molecule has 6 nitrogen and oxygen atoms in total. The van der Waals surface area contributed by atoms with Gasteiger partial charge in [0.1, 0.15) is 11.5 Å². The molecule has 6 heteroatoms. The largest absolute Gasteiger partial charge is 0.507 e. The van der Waals surface area contributed by atoms with Crippen LogP contribution in [0.15, 0.2) is 24.3 Å². The fourth-order valence-electron chi connectivity index (χ4n) is 1.75. The average Bonchev–Trinajstić information content (AvgIpc) is 2.71. The number of aromatic hydroxyl groups is 1. The monoisotopic (exact) mass is 248 g/mol. The number of aromatic nitrogens is 2. The van der Waals surface area contributed by atoms with Crippen molar-refractivity contribution in [2.75, 3.05) is 7.11 Å². The Kier molecular flexibility index (Phi) is 2.93. The number of ether oxygens (including phenoxy) is 1. The molecule has 18 heavy (non-hydrogen) atoms. The number of aromatic carboxylic acids is 1. The summed E-state index contributed by atoms with van der Waals surface area (Å²) in [7, 11) is 3.08. The molecule has 0 saturated heterocycles. The van der Waals surface area contributed by atoms with Crippen LogP contribution in [-0.2, 0) is 7.05 Å². The SMILES string of the molecule is COc1cccc(O)c1-c1cc(C(=O)O)nn1C. The zero-order chi connectivity index (χ0) is 13.3. The minimum Gasteiger partial charge on any atom is -0.507 e. The molecule has 0 spiro atoms. The molecular formula is C12H12N2O4. The van der Waals surface area contributed by atoms with Crippen molar-refractivity contribution in [2.24, 2.45) is 7.05 Å². The topological polar surface area (TPSA) is 84.6 Å². The van der Waals surface area contributed by atoms with Gasteiger partial charge in [0.05, 0.1) is 18.4 Å². The summed E-state index contributed by atoms with van der Waals surface area (Å²) in [6, 6.07) is 6.22. The van der Waals surface area contributed by atoms with Gasteiger partial charge in [0, 0.05) is 7.05 Å². The maximum atomic E-state index is 10.9. The summed E-state index contributed by atoms with van der Waals surface area (Å²) in [5.41, 5.74) is 0.808. The van der Waals surface area contributed by atoms with Crippen molar-refractivity contribution >= 4 is 5.97 Å². The first kappa shape index (κ1) is 12.0. The zero-order valence-corrected chi connectivity index (χ0v) is 9.91. The smallest absolute Gasteiger partial charge is 0.356 e. The number of nitrogens with zero attached hydrogens (tertiary/aromatic N) is 2. The molecule has 0 radical (unpaired) electrons. The molecule has 0 aliphatic rings. The average molecular weight is 248 g/mol. The Bertz CT molecular complexity index is 604. The van der Waals surface area contributed by atoms with Gasteiger partial charge in [-0.05, 0) is 18.2 Å². The summed E-state index contributed by atoms with van der Waals surface area (Å²) < 4.78 is 6.55. The number of carboxylic acid groups (broad SMARTS) is 1. The van der Waals surface area contributed by atoms with E-state index in [1.54, 1.807) is 19.2 Å². The highest BCUT2D eigenvalue weighted by Gasteiger charge is 2.18. The lowest BCUT2D eigenvalue weighted by molar-refractivity contribution is 0.0689. The molecule has 2 N–H and O–H groups in total. The summed E-state index contributed by atoms with van der Waals surface area (Å²) in [5, 5.41) is 22.6. The summed E-state index contributed by atoms with van der Waals surface area (Å²) in [4.78, 5) is 10.9. The Morgan fingerprint density at radius 3 is 2.72 bits per heavy atom. The molecule has 2 aromatic rings. The lowest BCUT2D eigenvalue weighted by Gasteiger charge is -2.10. The van der Waals surface area contributed by atoms with Gasteiger partial charge in [0.25, 0.3) is 0 Å². The number of phenolic OH excluding ortho intramolecular Hbond substituents is 1. The lowest BCUT2D eigenvalue weighted by Crippen LogP contribution is -1.99. The Hall–Kier alpha value is -2.50. The van der Waals surface area contributed by atoms with Gasteiger partial charge in [-0.1, -0.05) is 6.07 Å². The van der Waals surface area contributed by atoms with Crippen LogP contribution in [0.25, 0.3) is 11.3 Å². The van der Waals surface area contributed by atoms with Crippen molar-refractivity contribution < 1.29 is 19.7 Å². The Labute approximate surface area is 103 Å². The second kappa shape index (κ2) is 4.40. The summed E-state index contributed by atoms with van der Waals surface area (Å²) >= 11 is 0. The fourth-order valence-corrected chi connectivity index (χ4v) is 1.75. The van der Waals surface area contributed by atoms with Crippen LogP contribution in [0.4, 0.5) is 0 Å². The number of rotatable bonds is 3. The van der Waals surface area contributed by atoms with E-state index < -0.39 is 5.97 Å². The van der Waals surface area contributed by atoms with Crippen LogP contribution in [-0.4, -0.2) is 33.1 Å². The number of carbonyl (C=O) groups is 1. The lowest BCUT2D eigenvalue weighted by atomic mass is 10.1. The molecule has 0 amide bonds. The molecule has 1 heterocycles. The first-order valence-electron chi connectivity index (χ1n) is 5.18. The van der Waals surface area contributed by atoms with Crippen molar-refractivity contribution in [3.63, 3.8) is 0 Å². The van der Waals surface area contributed by atoms with Crippen LogP contribution < -0.4 is 4.74 Å². The van der Waals surface area contributed by atoms with E-state index in [0.717, 1.165) is 0 Å². The van der Waals surface area contributed by atoms with Crippen molar-refractivity contribution in [2.45, 2.75) is 0 Å². The Morgan fingerprint density at radius 2 is 2.17 bits per heavy atom. The third-order valence-corrected chi connectivity index (χ3v) is 2.58. The molecule has 0 saturated carbocycles. The minimum atomic E-state index is -1.12. The predicted octanol–water partition coefficient (Wildman–Crippen LogP) is 1.50. The van der Waals surface area contributed by atoms with Gasteiger partial charge in [-0.3, -0.25) is 4.68 Å². The van der Waals surface area contributed by atoms with E-state index in [1.807, 2.05) is 0 Å². The van der Waals surface area contributed by atoms with Crippen LogP contribution in [0, 0.1) is 0 Å². The van der Waals surface area contributed by atoms with E-state index in [-0.39, 0.29) is 11.4 Å². The van der Waals surface area contributed by atoms with Gasteiger partial charge in [-0.25, -0.2) is 4.79 Å². The first-order chi connectivity index (χ1) is 8.54. The third-order valence-electron chi connectivity index (χ3n) is 2.58. The van der Waals surface area contributed by atoms with Crippen LogP contribution >= 0.6 is 0 Å². The molecule has 0 aliphatic carbocycles. The first-order valence-corrected chi connectivity index (χ1v) is 5.18. The van der Waals surface area contributed by atoms with E-state index in [4.69, 9.17) is 9.84 Å². The molecule has 0 aliphatic heterocycles. The summed E-state index contributed by atoms with van der Waals surface area (Å²) in [6.45, 7) is 0. The summed E-state index contributed by atoms with van der Waals surface area (Å²) in [6.07, 6.45) is 0. The number of carboxylic acids is 1. The maximum absolute atomic E-state index is 10.9. The number of hydrogen-bond acceptors (Lipinski definition) is 4. The fraction of sp³-hybridized carbons (Fsp3) is 0.167. The molecule has 0 fully saturated rings. The normalized spacial score (nSPS) is 10.3. The number of benzene rings is 1. The molecule has 0 atom stereocenters. The summed E-state index contributed by atoms with van der Waals surface area (Å²) in [5.74, 6) is -0.657. The van der Waals surface area contributed by atoms with Gasteiger partial charge < -0.3 is 14.9 Å². The Balaban J connectivity index is 2.65. The van der Waals surface area contributed by atoms with E-state index in [1.165, 1.54) is 23.9 Å². The van der Waals surface area contributed by atoms with Crippen LogP contribution in [0.5, 0.6) is 11.5 Å². The van der Waals surface area contributed by atoms with Gasteiger partial charge >= 0.3 is 5.97 Å². The van der Waals surface area contributed by atoms with Crippen molar-refractivity contribution in [1.29, 1.82) is 0 Å². The quantitative estimate of drug-likeness (QED) is 0.859. The number of phenols is 1. The molecule has 0 bridgehead atoms. The van der Waals surface area contributed by atoms with Crippen LogP contribution in [0.1, 0.15) is 10.5 Å². The second-order valence-corrected chi connectivity index (χ2v) is 3.70. The highest BCUT2D eigenvalue weighted by atomic mass is 16.5. The molecular weight excluding hydrogens is 236 g/mol. The van der Waals surface area contributed by atoms with E-state index in [0.29, 0.717) is 17.0 Å². The van der Waals surface area contributed by atoms with E-state index >= 15 is 0 Å². The number of hydrogen-bond donors (Lipinski definition) is 2. The van der Waals surface area contributed by atoms with Gasteiger partial charge in [-0.2, -0.15) is 5.10 Å². The molecule has 1 aromatic carbocycles. The van der Waals surface area contributed by atoms with Crippen molar-refractivity contribution in [3.05, 3.63) is 30.0 Å². The van der Waals surface area contributed by atoms with Crippen LogP contribution in [0.2, 0.25) is 0 Å². The van der Waals surface area contributed by atoms with Crippen LogP contribution in [0.3, 0.4) is 0 Å².